The summed E-state index contributed by atoms with van der Waals surface area (Å²) in [5, 5.41) is 7.73. The maximum atomic E-state index is 13.0. The molecule has 1 N–H and O–H groups in total. The fourth-order valence-corrected chi connectivity index (χ4v) is 3.21. The molecule has 1 atom stereocenters. The summed E-state index contributed by atoms with van der Waals surface area (Å²) in [7, 11) is 0. The number of para-hydroxylation sites is 1. The van der Waals surface area contributed by atoms with Crippen LogP contribution in [0, 0.1) is 0 Å². The number of amides is 1. The van der Waals surface area contributed by atoms with Crippen LogP contribution in [0.2, 0.25) is 0 Å². The molecule has 0 saturated heterocycles. The van der Waals surface area contributed by atoms with Crippen LogP contribution >= 0.6 is 0 Å². The second-order valence-electron chi connectivity index (χ2n) is 6.93. The van der Waals surface area contributed by atoms with Crippen LogP contribution in [0.15, 0.2) is 91.4 Å². The van der Waals surface area contributed by atoms with Gasteiger partial charge in [0.05, 0.1) is 11.3 Å². The Balaban J connectivity index is 1.61. The highest BCUT2D eigenvalue weighted by atomic mass is 16.1. The predicted octanol–water partition coefficient (Wildman–Crippen LogP) is 4.47. The number of carbonyl (C=O) groups is 1. The van der Waals surface area contributed by atoms with Gasteiger partial charge in [-0.25, -0.2) is 4.68 Å². The lowest BCUT2D eigenvalue weighted by atomic mass is 10.0. The molecule has 144 valence electrons. The van der Waals surface area contributed by atoms with Crippen molar-refractivity contribution in [1.82, 2.24) is 20.1 Å². The van der Waals surface area contributed by atoms with Gasteiger partial charge < -0.3 is 5.32 Å². The number of hydrogen-bond acceptors (Lipinski definition) is 3. The average Bonchev–Trinajstić information content (AvgIpc) is 3.25. The standard InChI is InChI=1S/C24H22N4O/c1-18(19-9-4-2-5-10-19)15-26-24(29)22-17-28(21-12-6-3-7-13-21)27-23(22)20-11-8-14-25-16-20/h2-14,16-18H,15H2,1H3,(H,26,29)/t18-/m1/s1. The van der Waals surface area contributed by atoms with E-state index in [9.17, 15) is 4.79 Å². The monoisotopic (exact) mass is 382 g/mol. The molecule has 0 aliphatic carbocycles. The number of rotatable bonds is 6. The zero-order chi connectivity index (χ0) is 20.1. The molecule has 0 radical (unpaired) electrons. The van der Waals surface area contributed by atoms with Gasteiger partial charge in [0, 0.05) is 30.7 Å². The molecular weight excluding hydrogens is 360 g/mol. The van der Waals surface area contributed by atoms with Crippen molar-refractivity contribution in [3.8, 4) is 16.9 Å². The Morgan fingerprint density at radius 1 is 1.00 bits per heavy atom. The van der Waals surface area contributed by atoms with Gasteiger partial charge in [0.2, 0.25) is 0 Å². The highest BCUT2D eigenvalue weighted by Gasteiger charge is 2.19. The van der Waals surface area contributed by atoms with Gasteiger partial charge in [-0.15, -0.1) is 0 Å². The first-order valence-corrected chi connectivity index (χ1v) is 9.61. The second kappa shape index (κ2) is 8.52. The molecule has 0 bridgehead atoms. The number of benzene rings is 2. The zero-order valence-electron chi connectivity index (χ0n) is 16.2. The molecule has 5 nitrogen and oxygen atoms in total. The summed E-state index contributed by atoms with van der Waals surface area (Å²) in [6.45, 7) is 2.65. The van der Waals surface area contributed by atoms with Crippen molar-refractivity contribution in [2.75, 3.05) is 6.54 Å². The van der Waals surface area contributed by atoms with E-state index in [1.54, 1.807) is 23.3 Å². The van der Waals surface area contributed by atoms with Gasteiger partial charge in [0.1, 0.15) is 5.69 Å². The molecule has 29 heavy (non-hydrogen) atoms. The van der Waals surface area contributed by atoms with Crippen LogP contribution in [0.5, 0.6) is 0 Å². The zero-order valence-corrected chi connectivity index (χ0v) is 16.2. The van der Waals surface area contributed by atoms with Crippen LogP contribution in [0.4, 0.5) is 0 Å². The fraction of sp³-hybridized carbons (Fsp3) is 0.125. The Morgan fingerprint density at radius 2 is 1.72 bits per heavy atom. The van der Waals surface area contributed by atoms with Crippen LogP contribution in [-0.4, -0.2) is 27.2 Å². The molecule has 4 rings (SSSR count). The number of carbonyl (C=O) groups excluding carboxylic acids is 1. The Morgan fingerprint density at radius 3 is 2.41 bits per heavy atom. The van der Waals surface area contributed by atoms with Crippen molar-refractivity contribution < 1.29 is 4.79 Å². The van der Waals surface area contributed by atoms with Gasteiger partial charge in [0.15, 0.2) is 0 Å². The van der Waals surface area contributed by atoms with Gasteiger partial charge in [-0.1, -0.05) is 55.5 Å². The summed E-state index contributed by atoms with van der Waals surface area (Å²) in [5.41, 5.74) is 4.05. The normalized spacial score (nSPS) is 11.8. The summed E-state index contributed by atoms with van der Waals surface area (Å²) < 4.78 is 1.73. The van der Waals surface area contributed by atoms with E-state index in [4.69, 9.17) is 0 Å². The van der Waals surface area contributed by atoms with Crippen molar-refractivity contribution in [2.45, 2.75) is 12.8 Å². The minimum atomic E-state index is -0.145. The first kappa shape index (κ1) is 18.6. The van der Waals surface area contributed by atoms with Crippen LogP contribution in [0.3, 0.4) is 0 Å². The highest BCUT2D eigenvalue weighted by Crippen LogP contribution is 2.23. The van der Waals surface area contributed by atoms with Crippen molar-refractivity contribution in [3.05, 3.63) is 103 Å². The molecular formula is C24H22N4O. The lowest BCUT2D eigenvalue weighted by Crippen LogP contribution is -2.27. The Kier molecular flexibility index (Phi) is 5.47. The van der Waals surface area contributed by atoms with Gasteiger partial charge in [-0.05, 0) is 35.7 Å². The number of hydrogen-bond donors (Lipinski definition) is 1. The van der Waals surface area contributed by atoms with E-state index in [1.807, 2.05) is 60.7 Å². The molecule has 0 unspecified atom stereocenters. The largest absolute Gasteiger partial charge is 0.351 e. The molecule has 0 fully saturated rings. The van der Waals surface area contributed by atoms with Gasteiger partial charge in [-0.2, -0.15) is 5.10 Å². The molecule has 0 saturated carbocycles. The maximum absolute atomic E-state index is 13.0. The van der Waals surface area contributed by atoms with Crippen LogP contribution in [-0.2, 0) is 0 Å². The molecule has 1 amide bonds. The topological polar surface area (TPSA) is 59.8 Å². The van der Waals surface area contributed by atoms with Crippen LogP contribution in [0.1, 0.15) is 28.8 Å². The first-order chi connectivity index (χ1) is 14.2. The molecule has 5 heteroatoms. The van der Waals surface area contributed by atoms with Crippen LogP contribution in [0.25, 0.3) is 16.9 Å². The van der Waals surface area contributed by atoms with Gasteiger partial charge >= 0.3 is 0 Å². The summed E-state index contributed by atoms with van der Waals surface area (Å²) in [4.78, 5) is 17.2. The Hall–Kier alpha value is -3.73. The van der Waals surface area contributed by atoms with Crippen molar-refractivity contribution in [3.63, 3.8) is 0 Å². The highest BCUT2D eigenvalue weighted by molar-refractivity contribution is 5.99. The van der Waals surface area contributed by atoms with E-state index >= 15 is 0 Å². The summed E-state index contributed by atoms with van der Waals surface area (Å²) in [6.07, 6.45) is 5.21. The smallest absolute Gasteiger partial charge is 0.255 e. The first-order valence-electron chi connectivity index (χ1n) is 9.61. The molecule has 2 aromatic heterocycles. The third kappa shape index (κ3) is 4.24. The Bertz CT molecular complexity index is 1080. The maximum Gasteiger partial charge on any atom is 0.255 e. The van der Waals surface area contributed by atoms with Crippen LogP contribution < -0.4 is 5.32 Å². The number of nitrogens with one attached hydrogen (secondary N) is 1. The quantitative estimate of drug-likeness (QED) is 0.535. The van der Waals surface area contributed by atoms with E-state index in [-0.39, 0.29) is 11.8 Å². The minimum Gasteiger partial charge on any atom is -0.351 e. The van der Waals surface area contributed by atoms with Gasteiger partial charge in [0.25, 0.3) is 5.91 Å². The summed E-state index contributed by atoms with van der Waals surface area (Å²) in [5.74, 6) is 0.0694. The molecule has 2 aromatic carbocycles. The number of aromatic nitrogens is 3. The predicted molar refractivity (Wildman–Crippen MR) is 114 cm³/mol. The number of nitrogens with zero attached hydrogens (tertiary/aromatic N) is 3. The summed E-state index contributed by atoms with van der Waals surface area (Å²) >= 11 is 0. The SMILES string of the molecule is C[C@H](CNC(=O)c1cn(-c2ccccc2)nc1-c1cccnc1)c1ccccc1. The minimum absolute atomic E-state index is 0.145. The Labute approximate surface area is 170 Å². The molecule has 0 spiro atoms. The molecule has 0 aliphatic heterocycles. The third-order valence-electron chi connectivity index (χ3n) is 4.85. The second-order valence-corrected chi connectivity index (χ2v) is 6.93. The van der Waals surface area contributed by atoms with E-state index in [2.05, 4.69) is 34.5 Å². The van der Waals surface area contributed by atoms with Crippen molar-refractivity contribution in [1.29, 1.82) is 0 Å². The van der Waals surface area contributed by atoms with E-state index in [0.717, 1.165) is 11.3 Å². The van der Waals surface area contributed by atoms with E-state index < -0.39 is 0 Å². The molecule has 2 heterocycles. The van der Waals surface area contributed by atoms with Gasteiger partial charge in [-0.3, -0.25) is 9.78 Å². The lowest BCUT2D eigenvalue weighted by Gasteiger charge is -2.13. The third-order valence-corrected chi connectivity index (χ3v) is 4.85. The lowest BCUT2D eigenvalue weighted by molar-refractivity contribution is 0.0952. The fourth-order valence-electron chi connectivity index (χ4n) is 3.21. The summed E-state index contributed by atoms with van der Waals surface area (Å²) in [6, 6.07) is 23.7. The van der Waals surface area contributed by atoms with E-state index in [0.29, 0.717) is 17.8 Å². The number of pyridine rings is 1. The molecule has 4 aromatic rings. The van der Waals surface area contributed by atoms with E-state index in [1.165, 1.54) is 5.56 Å². The molecule has 0 aliphatic rings. The van der Waals surface area contributed by atoms with Crippen molar-refractivity contribution in [2.24, 2.45) is 0 Å². The van der Waals surface area contributed by atoms with Crippen molar-refractivity contribution >= 4 is 5.91 Å². The average molecular weight is 382 g/mol.